The van der Waals surface area contributed by atoms with E-state index in [-0.39, 0.29) is 5.38 Å². The van der Waals surface area contributed by atoms with Gasteiger partial charge >= 0.3 is 0 Å². The van der Waals surface area contributed by atoms with Gasteiger partial charge in [0.05, 0.1) is 0 Å². The van der Waals surface area contributed by atoms with Gasteiger partial charge in [-0.1, -0.05) is 0 Å². The zero-order valence-corrected chi connectivity index (χ0v) is 10.3. The van der Waals surface area contributed by atoms with Crippen molar-refractivity contribution in [1.29, 1.82) is 0 Å². The Morgan fingerprint density at radius 3 is 2.20 bits per heavy atom. The number of hydrogen-bond acceptors (Lipinski definition) is 2. The van der Waals surface area contributed by atoms with Crippen LogP contribution in [0.25, 0.3) is 0 Å². The summed E-state index contributed by atoms with van der Waals surface area (Å²) in [5, 5.41) is -0.0175. The highest BCUT2D eigenvalue weighted by Crippen LogP contribution is 2.22. The van der Waals surface area contributed by atoms with Crippen molar-refractivity contribution >= 4 is 21.8 Å². The third-order valence-corrected chi connectivity index (χ3v) is 5.40. The summed E-state index contributed by atoms with van der Waals surface area (Å²) >= 11 is 6.00. The molecule has 0 saturated carbocycles. The first-order valence-corrected chi connectivity index (χ1v) is 7.33. The van der Waals surface area contributed by atoms with Gasteiger partial charge in [0.1, 0.15) is 0 Å². The van der Waals surface area contributed by atoms with Crippen LogP contribution in [0.3, 0.4) is 0 Å². The lowest BCUT2D eigenvalue weighted by atomic mass is 10.2. The fraction of sp³-hybridized carbons (Fsp3) is 1.00. The lowest BCUT2D eigenvalue weighted by molar-refractivity contribution is 0.319. The Morgan fingerprint density at radius 2 is 1.60 bits per heavy atom. The van der Waals surface area contributed by atoms with Crippen LogP contribution in [0, 0.1) is 0 Å². The summed E-state index contributed by atoms with van der Waals surface area (Å²) in [6.45, 7) is 2.44. The molecule has 1 unspecified atom stereocenters. The van der Waals surface area contributed by atoms with Gasteiger partial charge in [0.15, 0.2) is 0 Å². The third-order valence-electron chi connectivity index (χ3n) is 3.04. The second-order valence-electron chi connectivity index (χ2n) is 4.21. The van der Waals surface area contributed by atoms with Crippen molar-refractivity contribution < 1.29 is 8.42 Å². The predicted molar refractivity (Wildman–Crippen MR) is 60.2 cm³/mol. The van der Waals surface area contributed by atoms with Gasteiger partial charge in [-0.3, -0.25) is 0 Å². The van der Waals surface area contributed by atoms with Crippen LogP contribution in [0.2, 0.25) is 0 Å². The minimum absolute atomic E-state index is 0.0175. The molecule has 2 aliphatic rings. The van der Waals surface area contributed by atoms with Crippen LogP contribution in [-0.4, -0.2) is 48.6 Å². The van der Waals surface area contributed by atoms with Crippen molar-refractivity contribution in [3.63, 3.8) is 0 Å². The zero-order chi connectivity index (χ0) is 10.9. The van der Waals surface area contributed by atoms with E-state index in [4.69, 9.17) is 11.6 Å². The van der Waals surface area contributed by atoms with E-state index in [1.54, 1.807) is 8.61 Å². The van der Waals surface area contributed by atoms with Gasteiger partial charge in [0.2, 0.25) is 0 Å². The van der Waals surface area contributed by atoms with Crippen molar-refractivity contribution in [2.45, 2.75) is 31.1 Å². The van der Waals surface area contributed by atoms with Gasteiger partial charge in [-0.05, 0) is 25.7 Å². The van der Waals surface area contributed by atoms with E-state index in [1.165, 1.54) is 0 Å². The van der Waals surface area contributed by atoms with Crippen LogP contribution in [0.15, 0.2) is 0 Å². The second-order valence-corrected chi connectivity index (χ2v) is 6.76. The van der Waals surface area contributed by atoms with E-state index in [0.29, 0.717) is 26.2 Å². The first kappa shape index (κ1) is 11.6. The molecule has 0 aromatic carbocycles. The SMILES string of the molecule is O=S(=O)(N1CCCC1)N1CCCC(Cl)C1. The average molecular weight is 253 g/mol. The van der Waals surface area contributed by atoms with Crippen molar-refractivity contribution in [2.24, 2.45) is 0 Å². The maximum absolute atomic E-state index is 12.1. The Hall–Kier alpha value is 0.160. The van der Waals surface area contributed by atoms with Crippen LogP contribution in [-0.2, 0) is 10.2 Å². The quantitative estimate of drug-likeness (QED) is 0.689. The summed E-state index contributed by atoms with van der Waals surface area (Å²) < 4.78 is 27.4. The lowest BCUT2D eigenvalue weighted by Gasteiger charge is -2.32. The molecule has 0 aromatic rings. The van der Waals surface area contributed by atoms with E-state index in [2.05, 4.69) is 0 Å². The number of piperidine rings is 1. The summed E-state index contributed by atoms with van der Waals surface area (Å²) in [6, 6.07) is 0. The molecular weight excluding hydrogens is 236 g/mol. The molecule has 6 heteroatoms. The van der Waals surface area contributed by atoms with E-state index < -0.39 is 10.2 Å². The Bertz CT molecular complexity index is 314. The summed E-state index contributed by atoms with van der Waals surface area (Å²) in [5.41, 5.74) is 0. The molecule has 2 heterocycles. The van der Waals surface area contributed by atoms with Crippen LogP contribution < -0.4 is 0 Å². The van der Waals surface area contributed by atoms with E-state index >= 15 is 0 Å². The van der Waals surface area contributed by atoms with Crippen LogP contribution in [0.4, 0.5) is 0 Å². The van der Waals surface area contributed by atoms with Gasteiger partial charge in [0.25, 0.3) is 10.2 Å². The molecular formula is C9H17ClN2O2S. The molecule has 4 nitrogen and oxygen atoms in total. The number of rotatable bonds is 2. The van der Waals surface area contributed by atoms with Crippen LogP contribution in [0.1, 0.15) is 25.7 Å². The lowest BCUT2D eigenvalue weighted by Crippen LogP contribution is -2.47. The summed E-state index contributed by atoms with van der Waals surface area (Å²) in [4.78, 5) is 0. The molecule has 0 bridgehead atoms. The minimum atomic E-state index is -3.21. The van der Waals surface area contributed by atoms with Crippen LogP contribution in [0.5, 0.6) is 0 Å². The molecule has 1 atom stereocenters. The van der Waals surface area contributed by atoms with Gasteiger partial charge in [-0.15, -0.1) is 11.6 Å². The average Bonchev–Trinajstić information content (AvgIpc) is 2.71. The molecule has 2 aliphatic heterocycles. The molecule has 88 valence electrons. The molecule has 0 radical (unpaired) electrons. The first-order chi connectivity index (χ1) is 7.10. The number of alkyl halides is 1. The Labute approximate surface area is 96.4 Å². The van der Waals surface area contributed by atoms with E-state index in [0.717, 1.165) is 25.7 Å². The van der Waals surface area contributed by atoms with E-state index in [9.17, 15) is 8.42 Å². The van der Waals surface area contributed by atoms with Crippen molar-refractivity contribution in [1.82, 2.24) is 8.61 Å². The highest BCUT2D eigenvalue weighted by molar-refractivity contribution is 7.86. The fourth-order valence-corrected chi connectivity index (χ4v) is 4.36. The molecule has 15 heavy (non-hydrogen) atoms. The maximum Gasteiger partial charge on any atom is 0.282 e. The summed E-state index contributed by atoms with van der Waals surface area (Å²) in [7, 11) is -3.21. The second kappa shape index (κ2) is 4.57. The first-order valence-electron chi connectivity index (χ1n) is 5.50. The van der Waals surface area contributed by atoms with Crippen molar-refractivity contribution in [2.75, 3.05) is 26.2 Å². The molecule has 2 saturated heterocycles. The molecule has 0 amide bonds. The predicted octanol–water partition coefficient (Wildman–Crippen LogP) is 1.03. The normalized spacial score (nSPS) is 30.9. The highest BCUT2D eigenvalue weighted by Gasteiger charge is 2.34. The molecule has 0 aromatic heterocycles. The number of hydrogen-bond donors (Lipinski definition) is 0. The molecule has 2 fully saturated rings. The highest BCUT2D eigenvalue weighted by atomic mass is 35.5. The van der Waals surface area contributed by atoms with Gasteiger partial charge in [-0.2, -0.15) is 17.0 Å². The Balaban J connectivity index is 2.07. The minimum Gasteiger partial charge on any atom is -0.195 e. The Kier molecular flexibility index (Phi) is 3.55. The van der Waals surface area contributed by atoms with Crippen LogP contribution >= 0.6 is 11.6 Å². The summed E-state index contributed by atoms with van der Waals surface area (Å²) in [5.74, 6) is 0. The van der Waals surface area contributed by atoms with Crippen molar-refractivity contribution in [3.8, 4) is 0 Å². The molecule has 0 aliphatic carbocycles. The van der Waals surface area contributed by atoms with Gasteiger partial charge in [-0.25, -0.2) is 0 Å². The number of nitrogens with zero attached hydrogens (tertiary/aromatic N) is 2. The third kappa shape index (κ3) is 2.46. The Morgan fingerprint density at radius 1 is 1.00 bits per heavy atom. The van der Waals surface area contributed by atoms with Gasteiger partial charge in [0, 0.05) is 31.6 Å². The monoisotopic (exact) mass is 252 g/mol. The van der Waals surface area contributed by atoms with E-state index in [1.807, 2.05) is 0 Å². The van der Waals surface area contributed by atoms with Crippen molar-refractivity contribution in [3.05, 3.63) is 0 Å². The largest absolute Gasteiger partial charge is 0.282 e. The molecule has 2 rings (SSSR count). The zero-order valence-electron chi connectivity index (χ0n) is 8.73. The topological polar surface area (TPSA) is 40.6 Å². The summed E-state index contributed by atoms with van der Waals surface area (Å²) in [6.07, 6.45) is 3.77. The number of halogens is 1. The standard InChI is InChI=1S/C9H17ClN2O2S/c10-9-4-3-7-12(8-9)15(13,14)11-5-1-2-6-11/h9H,1-8H2. The smallest absolute Gasteiger partial charge is 0.195 e. The molecule has 0 spiro atoms. The molecule has 0 N–H and O–H groups in total. The maximum atomic E-state index is 12.1. The van der Waals surface area contributed by atoms with Gasteiger partial charge < -0.3 is 0 Å². The fourth-order valence-electron chi connectivity index (χ4n) is 2.18.